The Morgan fingerprint density at radius 2 is 1.34 bits per heavy atom. The summed E-state index contributed by atoms with van der Waals surface area (Å²) in [5.41, 5.74) is 0.126. The third-order valence-electron chi connectivity index (χ3n) is 3.77. The highest BCUT2D eigenvalue weighted by Gasteiger charge is 2.17. The van der Waals surface area contributed by atoms with E-state index in [1.807, 2.05) is 6.92 Å². The lowest BCUT2D eigenvalue weighted by Gasteiger charge is -2.19. The molecule has 2 rings (SSSR count). The van der Waals surface area contributed by atoms with Gasteiger partial charge in [0.15, 0.2) is 6.61 Å². The van der Waals surface area contributed by atoms with Crippen molar-refractivity contribution >= 4 is 29.3 Å². The van der Waals surface area contributed by atoms with E-state index in [-0.39, 0.29) is 13.2 Å². The van der Waals surface area contributed by atoms with E-state index < -0.39 is 23.5 Å². The van der Waals surface area contributed by atoms with Gasteiger partial charge in [0.2, 0.25) is 5.91 Å². The van der Waals surface area contributed by atoms with Gasteiger partial charge in [-0.05, 0) is 64.1 Å². The van der Waals surface area contributed by atoms with Crippen LogP contribution in [0.3, 0.4) is 0 Å². The Kier molecular flexibility index (Phi) is 8.88. The zero-order valence-electron chi connectivity index (χ0n) is 18.7. The van der Waals surface area contributed by atoms with E-state index in [0.29, 0.717) is 23.7 Å². The van der Waals surface area contributed by atoms with Gasteiger partial charge >= 0.3 is 6.09 Å². The molecule has 3 amide bonds. The molecular formula is C23H29N3O6. The standard InChI is InChI=1S/C23H29N3O6/c1-5-30-16-10-12-17(13-11-16)31-15-21(28)26-19-9-7-6-8-18(19)25-20(27)14-24-22(29)32-23(2,3)4/h6-13H,5,14-15H2,1-4H3,(H,24,29)(H,25,27)(H,26,28). The summed E-state index contributed by atoms with van der Waals surface area (Å²) in [4.78, 5) is 36.1. The van der Waals surface area contributed by atoms with Crippen molar-refractivity contribution in [2.75, 3.05) is 30.4 Å². The molecule has 0 atom stereocenters. The number of carbonyl (C=O) groups excluding carboxylic acids is 3. The van der Waals surface area contributed by atoms with E-state index in [1.165, 1.54) is 0 Å². The molecule has 2 aromatic carbocycles. The summed E-state index contributed by atoms with van der Waals surface area (Å²) in [6, 6.07) is 13.6. The minimum atomic E-state index is -0.694. The molecule has 0 bridgehead atoms. The highest BCUT2D eigenvalue weighted by molar-refractivity contribution is 6.01. The molecule has 0 fully saturated rings. The molecule has 0 radical (unpaired) electrons. The van der Waals surface area contributed by atoms with Gasteiger partial charge in [-0.2, -0.15) is 0 Å². The van der Waals surface area contributed by atoms with Crippen LogP contribution in [0, 0.1) is 0 Å². The molecule has 0 saturated carbocycles. The summed E-state index contributed by atoms with van der Waals surface area (Å²) in [6.07, 6.45) is -0.694. The molecule has 0 spiro atoms. The van der Waals surface area contributed by atoms with Crippen LogP contribution in [0.25, 0.3) is 0 Å². The number of amides is 3. The molecule has 0 saturated heterocycles. The highest BCUT2D eigenvalue weighted by Crippen LogP contribution is 2.21. The second-order valence-electron chi connectivity index (χ2n) is 7.69. The van der Waals surface area contributed by atoms with Crippen LogP contribution < -0.4 is 25.4 Å². The van der Waals surface area contributed by atoms with Crippen molar-refractivity contribution in [2.45, 2.75) is 33.3 Å². The van der Waals surface area contributed by atoms with Gasteiger partial charge in [-0.25, -0.2) is 4.79 Å². The monoisotopic (exact) mass is 443 g/mol. The summed E-state index contributed by atoms with van der Waals surface area (Å²) < 4.78 is 15.9. The second kappa shape index (κ2) is 11.6. The molecule has 0 aliphatic heterocycles. The largest absolute Gasteiger partial charge is 0.494 e. The number of benzene rings is 2. The number of alkyl carbamates (subject to hydrolysis) is 1. The van der Waals surface area contributed by atoms with Gasteiger partial charge in [-0.15, -0.1) is 0 Å². The average molecular weight is 444 g/mol. The number of para-hydroxylation sites is 2. The predicted octanol–water partition coefficient (Wildman–Crippen LogP) is 3.57. The van der Waals surface area contributed by atoms with Gasteiger partial charge in [-0.1, -0.05) is 12.1 Å². The number of anilines is 2. The minimum Gasteiger partial charge on any atom is -0.494 e. The first-order valence-electron chi connectivity index (χ1n) is 10.2. The molecule has 2 aromatic rings. The van der Waals surface area contributed by atoms with Gasteiger partial charge in [0.05, 0.1) is 18.0 Å². The number of rotatable bonds is 9. The molecule has 172 valence electrons. The summed E-state index contributed by atoms with van der Waals surface area (Å²) in [5, 5.41) is 7.73. The van der Waals surface area contributed by atoms with Crippen LogP contribution in [-0.4, -0.2) is 43.3 Å². The first-order chi connectivity index (χ1) is 15.2. The van der Waals surface area contributed by atoms with Crippen molar-refractivity contribution in [1.82, 2.24) is 5.32 Å². The second-order valence-corrected chi connectivity index (χ2v) is 7.69. The zero-order valence-corrected chi connectivity index (χ0v) is 18.7. The van der Waals surface area contributed by atoms with E-state index in [4.69, 9.17) is 14.2 Å². The minimum absolute atomic E-state index is 0.212. The third-order valence-corrected chi connectivity index (χ3v) is 3.77. The van der Waals surface area contributed by atoms with E-state index in [9.17, 15) is 14.4 Å². The Morgan fingerprint density at radius 1 is 0.812 bits per heavy atom. The molecule has 0 aromatic heterocycles. The van der Waals surface area contributed by atoms with Crippen molar-refractivity contribution in [2.24, 2.45) is 0 Å². The van der Waals surface area contributed by atoms with Crippen molar-refractivity contribution in [1.29, 1.82) is 0 Å². The smallest absolute Gasteiger partial charge is 0.408 e. The Balaban J connectivity index is 1.86. The first-order valence-corrected chi connectivity index (χ1v) is 10.2. The summed E-state index contributed by atoms with van der Waals surface area (Å²) in [7, 11) is 0. The number of hydrogen-bond donors (Lipinski definition) is 3. The highest BCUT2D eigenvalue weighted by atomic mass is 16.6. The Bertz CT molecular complexity index is 922. The quantitative estimate of drug-likeness (QED) is 0.546. The zero-order chi connectivity index (χ0) is 23.6. The third kappa shape index (κ3) is 8.95. The van der Waals surface area contributed by atoms with E-state index in [1.54, 1.807) is 69.3 Å². The van der Waals surface area contributed by atoms with Gasteiger partial charge in [0, 0.05) is 0 Å². The summed E-state index contributed by atoms with van der Waals surface area (Å²) in [5.74, 6) is 0.379. The van der Waals surface area contributed by atoms with Crippen molar-refractivity contribution in [3.05, 3.63) is 48.5 Å². The normalized spacial score (nSPS) is 10.6. The molecule has 3 N–H and O–H groups in total. The SMILES string of the molecule is CCOc1ccc(OCC(=O)Nc2ccccc2NC(=O)CNC(=O)OC(C)(C)C)cc1. The number of ether oxygens (including phenoxy) is 3. The van der Waals surface area contributed by atoms with Gasteiger partial charge < -0.3 is 30.2 Å². The lowest BCUT2D eigenvalue weighted by molar-refractivity contribution is -0.118. The molecule has 0 aliphatic rings. The van der Waals surface area contributed by atoms with Crippen molar-refractivity contribution < 1.29 is 28.6 Å². The van der Waals surface area contributed by atoms with Gasteiger partial charge in [0.1, 0.15) is 23.6 Å². The maximum absolute atomic E-state index is 12.3. The molecule has 9 heteroatoms. The molecule has 0 unspecified atom stereocenters. The molecular weight excluding hydrogens is 414 g/mol. The van der Waals surface area contributed by atoms with Gasteiger partial charge in [0.25, 0.3) is 5.91 Å². The Labute approximate surface area is 187 Å². The molecule has 0 heterocycles. The van der Waals surface area contributed by atoms with Crippen LogP contribution in [0.2, 0.25) is 0 Å². The van der Waals surface area contributed by atoms with Gasteiger partial charge in [-0.3, -0.25) is 9.59 Å². The lowest BCUT2D eigenvalue weighted by Crippen LogP contribution is -2.37. The van der Waals surface area contributed by atoms with Crippen molar-refractivity contribution in [3.8, 4) is 11.5 Å². The maximum atomic E-state index is 12.3. The van der Waals surface area contributed by atoms with E-state index >= 15 is 0 Å². The number of nitrogens with one attached hydrogen (secondary N) is 3. The average Bonchev–Trinajstić information content (AvgIpc) is 2.72. The van der Waals surface area contributed by atoms with Crippen LogP contribution in [0.4, 0.5) is 16.2 Å². The summed E-state index contributed by atoms with van der Waals surface area (Å²) >= 11 is 0. The maximum Gasteiger partial charge on any atom is 0.408 e. The Hall–Kier alpha value is -3.75. The molecule has 32 heavy (non-hydrogen) atoms. The topological polar surface area (TPSA) is 115 Å². The number of carbonyl (C=O) groups is 3. The molecule has 0 aliphatic carbocycles. The van der Waals surface area contributed by atoms with E-state index in [0.717, 1.165) is 5.75 Å². The lowest BCUT2D eigenvalue weighted by atomic mass is 10.2. The van der Waals surface area contributed by atoms with E-state index in [2.05, 4.69) is 16.0 Å². The molecule has 9 nitrogen and oxygen atoms in total. The fourth-order valence-corrected chi connectivity index (χ4v) is 2.50. The Morgan fingerprint density at radius 3 is 1.88 bits per heavy atom. The fraction of sp³-hybridized carbons (Fsp3) is 0.348. The van der Waals surface area contributed by atoms with Crippen LogP contribution in [-0.2, 0) is 14.3 Å². The summed E-state index contributed by atoms with van der Waals surface area (Å²) in [6.45, 7) is 7.15. The van der Waals surface area contributed by atoms with Crippen molar-refractivity contribution in [3.63, 3.8) is 0 Å². The fourth-order valence-electron chi connectivity index (χ4n) is 2.50. The van der Waals surface area contributed by atoms with Crippen LogP contribution in [0.1, 0.15) is 27.7 Å². The van der Waals surface area contributed by atoms with Crippen LogP contribution in [0.5, 0.6) is 11.5 Å². The first kappa shape index (κ1) is 24.5. The van der Waals surface area contributed by atoms with Crippen LogP contribution in [0.15, 0.2) is 48.5 Å². The van der Waals surface area contributed by atoms with Crippen LogP contribution >= 0.6 is 0 Å². The predicted molar refractivity (Wildman–Crippen MR) is 121 cm³/mol. The number of hydrogen-bond acceptors (Lipinski definition) is 6.